The van der Waals surface area contributed by atoms with Crippen molar-refractivity contribution in [3.63, 3.8) is 0 Å². The normalized spacial score (nSPS) is 11.4. The molecule has 1 aromatic heterocycles. The Hall–Kier alpha value is -2.36. The highest BCUT2D eigenvalue weighted by molar-refractivity contribution is 5.84. The number of hydrogen-bond acceptors (Lipinski definition) is 2. The highest BCUT2D eigenvalue weighted by Gasteiger charge is 2.18. The predicted octanol–water partition coefficient (Wildman–Crippen LogP) is 4.01. The summed E-state index contributed by atoms with van der Waals surface area (Å²) in [6.07, 6.45) is 0. The molecule has 20 heavy (non-hydrogen) atoms. The number of halogens is 1. The van der Waals surface area contributed by atoms with E-state index in [0.29, 0.717) is 17.0 Å². The van der Waals surface area contributed by atoms with E-state index >= 15 is 0 Å². The summed E-state index contributed by atoms with van der Waals surface area (Å²) in [7, 11) is 0. The first kappa shape index (κ1) is 12.7. The van der Waals surface area contributed by atoms with Gasteiger partial charge in [-0.15, -0.1) is 0 Å². The first-order chi connectivity index (χ1) is 9.59. The molecule has 0 saturated carbocycles. The van der Waals surface area contributed by atoms with Crippen LogP contribution in [0.25, 0.3) is 22.4 Å². The summed E-state index contributed by atoms with van der Waals surface area (Å²) in [5, 5.41) is 0. The van der Waals surface area contributed by atoms with Crippen molar-refractivity contribution in [2.45, 2.75) is 19.9 Å². The number of nitrogen functional groups attached to an aromatic ring is 1. The van der Waals surface area contributed by atoms with Crippen molar-refractivity contribution in [2.75, 3.05) is 5.73 Å². The molecular weight excluding hydrogens is 253 g/mol. The van der Waals surface area contributed by atoms with Gasteiger partial charge in [-0.1, -0.05) is 18.2 Å². The standard InChI is InChI=1S/C16H16FN3/c1-10(2)20-14-9-5-7-12(17)15(14)19-16(20)11-6-3-4-8-13(11)18/h3-10H,18H2,1-2H3. The van der Waals surface area contributed by atoms with Gasteiger partial charge in [-0.05, 0) is 38.1 Å². The van der Waals surface area contributed by atoms with E-state index in [1.54, 1.807) is 6.07 Å². The van der Waals surface area contributed by atoms with Crippen LogP contribution in [0.5, 0.6) is 0 Å². The summed E-state index contributed by atoms with van der Waals surface area (Å²) < 4.78 is 16.0. The maximum absolute atomic E-state index is 14.0. The van der Waals surface area contributed by atoms with Crippen LogP contribution in [0, 0.1) is 5.82 Å². The molecule has 0 saturated heterocycles. The lowest BCUT2D eigenvalue weighted by atomic mass is 10.1. The molecule has 1 heterocycles. The van der Waals surface area contributed by atoms with Crippen molar-refractivity contribution >= 4 is 16.7 Å². The molecule has 0 aliphatic heterocycles. The van der Waals surface area contributed by atoms with Gasteiger partial charge in [-0.3, -0.25) is 0 Å². The van der Waals surface area contributed by atoms with Crippen LogP contribution in [0.3, 0.4) is 0 Å². The van der Waals surface area contributed by atoms with E-state index in [-0.39, 0.29) is 11.9 Å². The first-order valence-corrected chi connectivity index (χ1v) is 6.61. The van der Waals surface area contributed by atoms with Crippen LogP contribution in [0.1, 0.15) is 19.9 Å². The second-order valence-corrected chi connectivity index (χ2v) is 5.09. The fourth-order valence-corrected chi connectivity index (χ4v) is 2.50. The number of aromatic nitrogens is 2. The van der Waals surface area contributed by atoms with E-state index in [4.69, 9.17) is 5.73 Å². The van der Waals surface area contributed by atoms with E-state index in [2.05, 4.69) is 18.8 Å². The highest BCUT2D eigenvalue weighted by atomic mass is 19.1. The van der Waals surface area contributed by atoms with E-state index in [1.807, 2.05) is 34.9 Å². The van der Waals surface area contributed by atoms with Crippen molar-refractivity contribution in [1.82, 2.24) is 9.55 Å². The maximum atomic E-state index is 14.0. The third kappa shape index (κ3) is 1.84. The summed E-state index contributed by atoms with van der Waals surface area (Å²) in [5.41, 5.74) is 8.69. The van der Waals surface area contributed by atoms with Gasteiger partial charge >= 0.3 is 0 Å². The Morgan fingerprint density at radius 1 is 1.10 bits per heavy atom. The summed E-state index contributed by atoms with van der Waals surface area (Å²) in [4.78, 5) is 4.47. The molecule has 0 fully saturated rings. The molecule has 2 N–H and O–H groups in total. The number of imidazole rings is 1. The monoisotopic (exact) mass is 269 g/mol. The van der Waals surface area contributed by atoms with Crippen LogP contribution >= 0.6 is 0 Å². The minimum Gasteiger partial charge on any atom is -0.398 e. The highest BCUT2D eigenvalue weighted by Crippen LogP contribution is 2.32. The SMILES string of the molecule is CC(C)n1c(-c2ccccc2N)nc2c(F)cccc21. The van der Waals surface area contributed by atoms with Gasteiger partial charge in [0.2, 0.25) is 0 Å². The lowest BCUT2D eigenvalue weighted by molar-refractivity contribution is 0.623. The Kier molecular flexibility index (Phi) is 2.93. The van der Waals surface area contributed by atoms with Gasteiger partial charge in [-0.25, -0.2) is 9.37 Å². The van der Waals surface area contributed by atoms with Gasteiger partial charge in [0.05, 0.1) is 5.52 Å². The Morgan fingerprint density at radius 2 is 1.85 bits per heavy atom. The Balaban J connectivity index is 2.39. The molecule has 0 bridgehead atoms. The van der Waals surface area contributed by atoms with Crippen LogP contribution in [-0.2, 0) is 0 Å². The average Bonchev–Trinajstić information content (AvgIpc) is 2.80. The van der Waals surface area contributed by atoms with E-state index < -0.39 is 0 Å². The summed E-state index contributed by atoms with van der Waals surface area (Å²) in [5.74, 6) is 0.399. The number of rotatable bonds is 2. The van der Waals surface area contributed by atoms with Crippen LogP contribution in [-0.4, -0.2) is 9.55 Å². The summed E-state index contributed by atoms with van der Waals surface area (Å²) in [6.45, 7) is 4.10. The number of fused-ring (bicyclic) bond motifs is 1. The number of anilines is 1. The van der Waals surface area contributed by atoms with E-state index in [9.17, 15) is 4.39 Å². The lowest BCUT2D eigenvalue weighted by Gasteiger charge is -2.14. The van der Waals surface area contributed by atoms with Crippen molar-refractivity contribution in [1.29, 1.82) is 0 Å². The zero-order valence-electron chi connectivity index (χ0n) is 11.5. The number of nitrogens with two attached hydrogens (primary N) is 1. The number of benzene rings is 2. The van der Waals surface area contributed by atoms with Crippen molar-refractivity contribution < 1.29 is 4.39 Å². The van der Waals surface area contributed by atoms with Crippen molar-refractivity contribution in [3.8, 4) is 11.4 Å². The number of para-hydroxylation sites is 2. The van der Waals surface area contributed by atoms with E-state index in [0.717, 1.165) is 11.1 Å². The molecule has 3 aromatic rings. The Bertz CT molecular complexity index is 774. The topological polar surface area (TPSA) is 43.8 Å². The fourth-order valence-electron chi connectivity index (χ4n) is 2.50. The summed E-state index contributed by atoms with van der Waals surface area (Å²) in [6, 6.07) is 12.7. The fraction of sp³-hybridized carbons (Fsp3) is 0.188. The van der Waals surface area contributed by atoms with Gasteiger partial charge in [0.25, 0.3) is 0 Å². The second kappa shape index (κ2) is 4.63. The zero-order chi connectivity index (χ0) is 14.3. The van der Waals surface area contributed by atoms with Gasteiger partial charge in [0.1, 0.15) is 11.3 Å². The van der Waals surface area contributed by atoms with Gasteiger partial charge in [0, 0.05) is 17.3 Å². The quantitative estimate of drug-likeness (QED) is 0.714. The largest absolute Gasteiger partial charge is 0.398 e. The van der Waals surface area contributed by atoms with Crippen LogP contribution in [0.15, 0.2) is 42.5 Å². The van der Waals surface area contributed by atoms with Gasteiger partial charge < -0.3 is 10.3 Å². The molecule has 0 aliphatic carbocycles. The average molecular weight is 269 g/mol. The molecule has 4 heteroatoms. The minimum atomic E-state index is -0.308. The maximum Gasteiger partial charge on any atom is 0.151 e. The molecule has 0 radical (unpaired) electrons. The minimum absolute atomic E-state index is 0.163. The predicted molar refractivity (Wildman–Crippen MR) is 79.9 cm³/mol. The van der Waals surface area contributed by atoms with Gasteiger partial charge in [-0.2, -0.15) is 0 Å². The van der Waals surface area contributed by atoms with Gasteiger partial charge in [0.15, 0.2) is 5.82 Å². The van der Waals surface area contributed by atoms with Crippen LogP contribution < -0.4 is 5.73 Å². The molecule has 2 aromatic carbocycles. The zero-order valence-corrected chi connectivity index (χ0v) is 11.5. The smallest absolute Gasteiger partial charge is 0.151 e. The Morgan fingerprint density at radius 3 is 2.55 bits per heavy atom. The molecule has 0 atom stereocenters. The van der Waals surface area contributed by atoms with E-state index in [1.165, 1.54) is 6.07 Å². The second-order valence-electron chi connectivity index (χ2n) is 5.09. The molecule has 0 spiro atoms. The summed E-state index contributed by atoms with van der Waals surface area (Å²) >= 11 is 0. The molecule has 0 aliphatic rings. The Labute approximate surface area is 116 Å². The molecular formula is C16H16FN3. The molecule has 3 rings (SSSR count). The molecule has 3 nitrogen and oxygen atoms in total. The molecule has 102 valence electrons. The third-order valence-corrected chi connectivity index (χ3v) is 3.39. The first-order valence-electron chi connectivity index (χ1n) is 6.61. The van der Waals surface area contributed by atoms with Crippen molar-refractivity contribution in [3.05, 3.63) is 48.3 Å². The van der Waals surface area contributed by atoms with Crippen LogP contribution in [0.4, 0.5) is 10.1 Å². The van der Waals surface area contributed by atoms with Crippen LogP contribution in [0.2, 0.25) is 0 Å². The van der Waals surface area contributed by atoms with Crippen molar-refractivity contribution in [2.24, 2.45) is 0 Å². The third-order valence-electron chi connectivity index (χ3n) is 3.39. The molecule has 0 amide bonds. The number of hydrogen-bond donors (Lipinski definition) is 1. The molecule has 0 unspecified atom stereocenters. The lowest BCUT2D eigenvalue weighted by Crippen LogP contribution is -2.04. The number of nitrogens with zero attached hydrogens (tertiary/aromatic N) is 2.